The van der Waals surface area contributed by atoms with E-state index >= 15 is 0 Å². The van der Waals surface area contributed by atoms with Crippen LogP contribution in [-0.4, -0.2) is 27.9 Å². The van der Waals surface area contributed by atoms with Crippen LogP contribution in [0.25, 0.3) is 17.5 Å². The molecule has 0 saturated carbocycles. The minimum atomic E-state index is -1.11. The summed E-state index contributed by atoms with van der Waals surface area (Å²) in [4.78, 5) is 11.6. The Hall–Kier alpha value is -3.13. The minimum Gasteiger partial charge on any atom is -0.494 e. The normalized spacial score (nSPS) is 11.4. The second kappa shape index (κ2) is 9.18. The molecule has 0 fully saturated rings. The molecule has 1 heterocycles. The Kier molecular flexibility index (Phi) is 6.44. The van der Waals surface area contributed by atoms with Gasteiger partial charge in [-0.15, -0.1) is 10.2 Å². The largest absolute Gasteiger partial charge is 0.494 e. The predicted molar refractivity (Wildman–Crippen MR) is 103 cm³/mol. The molecule has 3 rings (SSSR count). The van der Waals surface area contributed by atoms with Gasteiger partial charge in [0.1, 0.15) is 16.5 Å². The summed E-state index contributed by atoms with van der Waals surface area (Å²) in [5, 5.41) is 17.3. The fourth-order valence-electron chi connectivity index (χ4n) is 2.22. The number of hydrogen-bond acceptors (Lipinski definition) is 6. The smallest absolute Gasteiger partial charge is 0.342 e. The Labute approximate surface area is 165 Å². The Morgan fingerprint density at radius 3 is 2.54 bits per heavy atom. The van der Waals surface area contributed by atoms with E-state index in [0.717, 1.165) is 23.9 Å². The number of aromatic nitrogens is 2. The number of benzene rings is 2. The van der Waals surface area contributed by atoms with Crippen LogP contribution < -0.4 is 4.74 Å². The summed E-state index contributed by atoms with van der Waals surface area (Å²) < 4.78 is 24.0. The zero-order valence-electron chi connectivity index (χ0n) is 15.0. The highest BCUT2D eigenvalue weighted by Gasteiger charge is 2.16. The van der Waals surface area contributed by atoms with E-state index in [1.54, 1.807) is 24.3 Å². The third-order valence-corrected chi connectivity index (χ3v) is 4.41. The maximum absolute atomic E-state index is 13.0. The van der Waals surface area contributed by atoms with Gasteiger partial charge in [0, 0.05) is 5.56 Å². The first-order valence-electron chi connectivity index (χ1n) is 8.50. The van der Waals surface area contributed by atoms with Gasteiger partial charge in [0.2, 0.25) is 5.89 Å². The van der Waals surface area contributed by atoms with E-state index < -0.39 is 5.97 Å². The molecule has 3 aromatic rings. The van der Waals surface area contributed by atoms with Gasteiger partial charge in [0.25, 0.3) is 5.22 Å². The van der Waals surface area contributed by atoms with Crippen molar-refractivity contribution in [1.82, 2.24) is 10.2 Å². The first kappa shape index (κ1) is 19.6. The maximum Gasteiger partial charge on any atom is 0.342 e. The minimum absolute atomic E-state index is 0.0246. The molecule has 1 aromatic heterocycles. The van der Waals surface area contributed by atoms with Gasteiger partial charge in [0.15, 0.2) is 0 Å². The first-order valence-corrected chi connectivity index (χ1v) is 9.32. The topological polar surface area (TPSA) is 85.5 Å². The van der Waals surface area contributed by atoms with Crippen molar-refractivity contribution in [3.8, 4) is 17.2 Å². The summed E-state index contributed by atoms with van der Waals surface area (Å²) in [6.07, 6.45) is 2.42. The second-order valence-electron chi connectivity index (χ2n) is 5.71. The van der Waals surface area contributed by atoms with Crippen molar-refractivity contribution >= 4 is 23.8 Å². The summed E-state index contributed by atoms with van der Waals surface area (Å²) in [5.74, 6) is -0.577. The lowest BCUT2D eigenvalue weighted by Gasteiger charge is -2.04. The molecule has 28 heavy (non-hydrogen) atoms. The lowest BCUT2D eigenvalue weighted by molar-refractivity contribution is -0.131. The monoisotopic (exact) mass is 400 g/mol. The average Bonchev–Trinajstić information content (AvgIpc) is 3.16. The van der Waals surface area contributed by atoms with Crippen LogP contribution in [0.5, 0.6) is 5.75 Å². The maximum atomic E-state index is 13.0. The zero-order valence-corrected chi connectivity index (χ0v) is 15.8. The van der Waals surface area contributed by atoms with Gasteiger partial charge in [-0.1, -0.05) is 19.1 Å². The zero-order chi connectivity index (χ0) is 19.9. The fourth-order valence-corrected chi connectivity index (χ4v) is 2.89. The third kappa shape index (κ3) is 5.20. The van der Waals surface area contributed by atoms with Crippen LogP contribution in [0, 0.1) is 5.82 Å². The molecule has 0 atom stereocenters. The summed E-state index contributed by atoms with van der Waals surface area (Å²) in [5.41, 5.74) is 1.25. The highest BCUT2D eigenvalue weighted by Crippen LogP contribution is 2.30. The number of carboxylic acids is 1. The molecule has 0 saturated heterocycles. The molecule has 0 bridgehead atoms. The molecule has 144 valence electrons. The molecule has 1 N–H and O–H groups in total. The molecule has 0 aliphatic heterocycles. The number of hydrogen-bond donors (Lipinski definition) is 1. The van der Waals surface area contributed by atoms with Crippen LogP contribution in [0.1, 0.15) is 18.9 Å². The Bertz CT molecular complexity index is 969. The Morgan fingerprint density at radius 2 is 1.89 bits per heavy atom. The van der Waals surface area contributed by atoms with Crippen LogP contribution in [-0.2, 0) is 4.79 Å². The fraction of sp³-hybridized carbons (Fsp3) is 0.150. The first-order chi connectivity index (χ1) is 13.5. The van der Waals surface area contributed by atoms with E-state index in [-0.39, 0.29) is 21.8 Å². The number of carboxylic acid groups (broad SMARTS) is 1. The van der Waals surface area contributed by atoms with Crippen LogP contribution >= 0.6 is 11.8 Å². The van der Waals surface area contributed by atoms with E-state index in [2.05, 4.69) is 10.2 Å². The summed E-state index contributed by atoms with van der Waals surface area (Å²) >= 11 is 0.844. The Balaban J connectivity index is 1.75. The molecular weight excluding hydrogens is 383 g/mol. The number of carbonyl (C=O) groups is 1. The van der Waals surface area contributed by atoms with E-state index in [4.69, 9.17) is 9.15 Å². The number of aliphatic carboxylic acids is 1. The van der Waals surface area contributed by atoms with Crippen molar-refractivity contribution < 1.29 is 23.4 Å². The van der Waals surface area contributed by atoms with Crippen molar-refractivity contribution in [3.63, 3.8) is 0 Å². The van der Waals surface area contributed by atoms with Crippen molar-refractivity contribution in [3.05, 3.63) is 64.8 Å². The molecule has 0 amide bonds. The SMILES string of the molecule is CCCOc1ccc(/C=C(/Sc2nnc(-c3ccc(F)cc3)o2)C(=O)O)cc1. The van der Waals surface area contributed by atoms with Gasteiger partial charge >= 0.3 is 5.97 Å². The molecule has 6 nitrogen and oxygen atoms in total. The van der Waals surface area contributed by atoms with Crippen LogP contribution in [0.2, 0.25) is 0 Å². The van der Waals surface area contributed by atoms with E-state index in [1.807, 2.05) is 6.92 Å². The molecule has 0 radical (unpaired) electrons. The molecule has 0 aliphatic carbocycles. The van der Waals surface area contributed by atoms with Gasteiger partial charge in [0.05, 0.1) is 6.61 Å². The standard InChI is InChI=1S/C20H17FN2O4S/c1-2-11-26-16-9-3-13(4-10-16)12-17(19(24)25)28-20-23-22-18(27-20)14-5-7-15(21)8-6-14/h3-10,12H,2,11H2,1H3,(H,24,25)/b17-12+. The highest BCUT2D eigenvalue weighted by molar-refractivity contribution is 8.03. The quantitative estimate of drug-likeness (QED) is 0.426. The molecular formula is C20H17FN2O4S. The lowest BCUT2D eigenvalue weighted by atomic mass is 10.2. The van der Waals surface area contributed by atoms with Crippen molar-refractivity contribution in [2.45, 2.75) is 18.6 Å². The van der Waals surface area contributed by atoms with Gasteiger partial charge < -0.3 is 14.3 Å². The second-order valence-corrected chi connectivity index (χ2v) is 6.71. The van der Waals surface area contributed by atoms with Crippen molar-refractivity contribution in [2.24, 2.45) is 0 Å². The van der Waals surface area contributed by atoms with E-state index in [0.29, 0.717) is 17.7 Å². The predicted octanol–water partition coefficient (Wildman–Crippen LogP) is 4.88. The average molecular weight is 400 g/mol. The molecule has 0 spiro atoms. The highest BCUT2D eigenvalue weighted by atomic mass is 32.2. The summed E-state index contributed by atoms with van der Waals surface area (Å²) in [6, 6.07) is 12.7. The Morgan fingerprint density at radius 1 is 1.18 bits per heavy atom. The number of ether oxygens (including phenoxy) is 1. The van der Waals surface area contributed by atoms with E-state index in [9.17, 15) is 14.3 Å². The third-order valence-electron chi connectivity index (χ3n) is 3.56. The summed E-state index contributed by atoms with van der Waals surface area (Å²) in [7, 11) is 0. The van der Waals surface area contributed by atoms with Gasteiger partial charge in [-0.25, -0.2) is 9.18 Å². The van der Waals surface area contributed by atoms with Crippen LogP contribution in [0.15, 0.2) is 63.1 Å². The van der Waals surface area contributed by atoms with Crippen molar-refractivity contribution in [2.75, 3.05) is 6.61 Å². The number of rotatable bonds is 8. The number of nitrogens with zero attached hydrogens (tertiary/aromatic N) is 2. The van der Waals surface area contributed by atoms with Crippen LogP contribution in [0.3, 0.4) is 0 Å². The van der Waals surface area contributed by atoms with Gasteiger partial charge in [-0.3, -0.25) is 0 Å². The number of halogens is 1. The lowest BCUT2D eigenvalue weighted by Crippen LogP contribution is -1.97. The van der Waals surface area contributed by atoms with Crippen molar-refractivity contribution in [1.29, 1.82) is 0 Å². The van der Waals surface area contributed by atoms with E-state index in [1.165, 1.54) is 30.3 Å². The molecule has 8 heteroatoms. The molecule has 2 aromatic carbocycles. The van der Waals surface area contributed by atoms with Gasteiger partial charge in [-0.05, 0) is 66.2 Å². The van der Waals surface area contributed by atoms with Gasteiger partial charge in [-0.2, -0.15) is 0 Å². The summed E-state index contributed by atoms with van der Waals surface area (Å²) in [6.45, 7) is 2.64. The number of thioether (sulfide) groups is 1. The molecule has 0 aliphatic rings. The molecule has 0 unspecified atom stereocenters. The van der Waals surface area contributed by atoms with Crippen LogP contribution in [0.4, 0.5) is 4.39 Å².